The van der Waals surface area contributed by atoms with Gasteiger partial charge in [-0.15, -0.1) is 0 Å². The molecule has 2 heterocycles. The molecule has 1 atom stereocenters. The van der Waals surface area contributed by atoms with Crippen molar-refractivity contribution in [2.75, 3.05) is 18.5 Å². The number of nitriles is 2. The van der Waals surface area contributed by atoms with Crippen LogP contribution in [0.15, 0.2) is 30.5 Å². The van der Waals surface area contributed by atoms with Gasteiger partial charge in [0.2, 0.25) is 0 Å². The van der Waals surface area contributed by atoms with Crippen LogP contribution in [0.3, 0.4) is 0 Å². The highest BCUT2D eigenvalue weighted by Crippen LogP contribution is 2.25. The summed E-state index contributed by atoms with van der Waals surface area (Å²) in [6, 6.07) is 11.0. The van der Waals surface area contributed by atoms with Crippen molar-refractivity contribution in [2.45, 2.75) is 25.7 Å². The molecule has 0 saturated carbocycles. The summed E-state index contributed by atoms with van der Waals surface area (Å²) in [4.78, 5) is 8.35. The molecule has 2 aromatic heterocycles. The monoisotopic (exact) mass is 355 g/mol. The van der Waals surface area contributed by atoms with Crippen molar-refractivity contribution in [1.82, 2.24) is 9.97 Å². The largest absolute Gasteiger partial charge is 0.381 e. The smallest absolute Gasteiger partial charge is 0.133 e. The number of pyridine rings is 2. The molecular weight excluding hydrogens is 338 g/mol. The number of nitrogens with zero attached hydrogens (tertiary/aromatic N) is 4. The topological polar surface area (TPSA) is 94.6 Å². The van der Waals surface area contributed by atoms with Crippen LogP contribution in [0.1, 0.15) is 36.8 Å². The van der Waals surface area contributed by atoms with Crippen molar-refractivity contribution in [1.29, 1.82) is 10.5 Å². The minimum atomic E-state index is -0.337. The minimum Gasteiger partial charge on any atom is -0.381 e. The van der Waals surface area contributed by atoms with Gasteiger partial charge < -0.3 is 10.1 Å². The average molecular weight is 356 g/mol. The van der Waals surface area contributed by atoms with Gasteiger partial charge in [0.05, 0.1) is 23.6 Å². The van der Waals surface area contributed by atoms with Gasteiger partial charge in [-0.2, -0.15) is 10.5 Å². The van der Waals surface area contributed by atoms with E-state index in [2.05, 4.69) is 27.4 Å². The molecule has 0 aliphatic heterocycles. The Hall–Kier alpha value is -2.67. The Kier molecular flexibility index (Phi) is 7.16. The van der Waals surface area contributed by atoms with Crippen molar-refractivity contribution in [3.63, 3.8) is 0 Å². The Labute approximate surface area is 152 Å². The molecule has 0 aliphatic rings. The summed E-state index contributed by atoms with van der Waals surface area (Å²) in [7, 11) is 0. The third-order valence-electron chi connectivity index (χ3n) is 3.42. The van der Waals surface area contributed by atoms with E-state index in [0.717, 1.165) is 12.0 Å². The summed E-state index contributed by atoms with van der Waals surface area (Å²) in [5, 5.41) is 21.7. The number of rotatable bonds is 8. The van der Waals surface area contributed by atoms with Gasteiger partial charge in [0.15, 0.2) is 0 Å². The fraction of sp³-hybridized carbons (Fsp3) is 0.333. The first-order chi connectivity index (χ1) is 12.2. The Morgan fingerprint density at radius 3 is 2.80 bits per heavy atom. The minimum absolute atomic E-state index is 0.283. The zero-order chi connectivity index (χ0) is 18.1. The summed E-state index contributed by atoms with van der Waals surface area (Å²) in [6.07, 6.45) is 3.06. The van der Waals surface area contributed by atoms with E-state index in [4.69, 9.17) is 21.6 Å². The Morgan fingerprint density at radius 2 is 2.08 bits per heavy atom. The molecular formula is C18H18ClN5O. The highest BCUT2D eigenvalue weighted by Gasteiger charge is 2.13. The van der Waals surface area contributed by atoms with Gasteiger partial charge in [-0.3, -0.25) is 0 Å². The van der Waals surface area contributed by atoms with Crippen LogP contribution in [-0.2, 0) is 4.74 Å². The Bertz CT molecular complexity index is 797. The number of ether oxygens (including phenoxy) is 1. The van der Waals surface area contributed by atoms with Crippen molar-refractivity contribution in [3.05, 3.63) is 46.7 Å². The lowest BCUT2D eigenvalue weighted by Crippen LogP contribution is -2.05. The highest BCUT2D eigenvalue weighted by molar-refractivity contribution is 6.29. The lowest BCUT2D eigenvalue weighted by atomic mass is 9.98. The molecule has 6 nitrogen and oxygen atoms in total. The van der Waals surface area contributed by atoms with Gasteiger partial charge in [-0.1, -0.05) is 18.5 Å². The maximum Gasteiger partial charge on any atom is 0.133 e. The summed E-state index contributed by atoms with van der Waals surface area (Å²) < 4.78 is 5.46. The molecule has 2 rings (SSSR count). The van der Waals surface area contributed by atoms with Crippen molar-refractivity contribution < 1.29 is 4.74 Å². The lowest BCUT2D eigenvalue weighted by molar-refractivity contribution is 0.130. The normalized spacial score (nSPS) is 11.4. The molecule has 25 heavy (non-hydrogen) atoms. The van der Waals surface area contributed by atoms with Crippen LogP contribution < -0.4 is 5.32 Å². The molecule has 0 aliphatic carbocycles. The van der Waals surface area contributed by atoms with Gasteiger partial charge in [-0.25, -0.2) is 9.97 Å². The van der Waals surface area contributed by atoms with Crippen LogP contribution in [-0.4, -0.2) is 23.2 Å². The number of halogens is 1. The van der Waals surface area contributed by atoms with Crippen LogP contribution in [0.25, 0.3) is 0 Å². The first-order valence-corrected chi connectivity index (χ1v) is 8.32. The van der Waals surface area contributed by atoms with Gasteiger partial charge >= 0.3 is 0 Å². The number of nitrogens with one attached hydrogen (secondary N) is 1. The summed E-state index contributed by atoms with van der Waals surface area (Å²) in [6.45, 7) is 3.24. The fourth-order valence-corrected chi connectivity index (χ4v) is 2.45. The van der Waals surface area contributed by atoms with Crippen molar-refractivity contribution in [3.8, 4) is 12.1 Å². The van der Waals surface area contributed by atoms with Crippen molar-refractivity contribution in [2.24, 2.45) is 0 Å². The molecule has 0 fully saturated rings. The lowest BCUT2D eigenvalue weighted by Gasteiger charge is -2.12. The third-order valence-corrected chi connectivity index (χ3v) is 3.61. The predicted octanol–water partition coefficient (Wildman–Crippen LogP) is 4.17. The second-order valence-corrected chi connectivity index (χ2v) is 5.74. The molecule has 0 radical (unpaired) electrons. The second kappa shape index (κ2) is 9.58. The van der Waals surface area contributed by atoms with Crippen LogP contribution in [0.4, 0.5) is 11.6 Å². The van der Waals surface area contributed by atoms with E-state index in [1.807, 2.05) is 6.92 Å². The molecule has 0 saturated heterocycles. The number of hydrogen-bond donors (Lipinski definition) is 1. The molecule has 7 heteroatoms. The van der Waals surface area contributed by atoms with Gasteiger partial charge in [0.25, 0.3) is 0 Å². The van der Waals surface area contributed by atoms with E-state index in [1.165, 1.54) is 6.20 Å². The quantitative estimate of drug-likeness (QED) is 0.564. The van der Waals surface area contributed by atoms with Crippen LogP contribution in [0, 0.1) is 22.7 Å². The molecule has 2 aromatic rings. The fourth-order valence-electron chi connectivity index (χ4n) is 2.23. The van der Waals surface area contributed by atoms with E-state index in [9.17, 15) is 5.26 Å². The zero-order valence-corrected chi connectivity index (χ0v) is 14.6. The van der Waals surface area contributed by atoms with E-state index < -0.39 is 0 Å². The van der Waals surface area contributed by atoms with Crippen molar-refractivity contribution >= 4 is 23.2 Å². The molecule has 0 bridgehead atoms. The maximum atomic E-state index is 9.44. The Morgan fingerprint density at radius 1 is 1.24 bits per heavy atom. The van der Waals surface area contributed by atoms with E-state index >= 15 is 0 Å². The summed E-state index contributed by atoms with van der Waals surface area (Å²) in [5.74, 6) is 0.621. The van der Waals surface area contributed by atoms with Crippen LogP contribution in [0.2, 0.25) is 5.15 Å². The molecule has 1 N–H and O–H groups in total. The molecule has 1 unspecified atom stereocenters. The first-order valence-electron chi connectivity index (χ1n) is 7.94. The summed E-state index contributed by atoms with van der Waals surface area (Å²) in [5.41, 5.74) is 1.25. The van der Waals surface area contributed by atoms with Crippen LogP contribution in [0.5, 0.6) is 0 Å². The maximum absolute atomic E-state index is 9.44. The van der Waals surface area contributed by atoms with Crippen LogP contribution >= 0.6 is 11.6 Å². The standard InChI is InChI=1S/C18H18ClN5O/c1-2-6-25-7-4-14(12-21)15-9-16(19)23-18(10-15)24-17-8-13(11-20)3-5-22-17/h3,5,8-10,14H,2,4,6-7H2,1H3,(H,22,23,24). The van der Waals surface area contributed by atoms with Gasteiger partial charge in [0, 0.05) is 19.4 Å². The highest BCUT2D eigenvalue weighted by atomic mass is 35.5. The predicted molar refractivity (Wildman–Crippen MR) is 95.6 cm³/mol. The number of hydrogen-bond acceptors (Lipinski definition) is 6. The van der Waals surface area contributed by atoms with Gasteiger partial charge in [-0.05, 0) is 42.7 Å². The molecule has 0 aromatic carbocycles. The first kappa shape index (κ1) is 18.7. The molecule has 0 amide bonds. The van der Waals surface area contributed by atoms with E-state index in [1.54, 1.807) is 24.3 Å². The second-order valence-electron chi connectivity index (χ2n) is 5.36. The average Bonchev–Trinajstić information content (AvgIpc) is 2.61. The zero-order valence-electron chi connectivity index (χ0n) is 13.9. The van der Waals surface area contributed by atoms with Gasteiger partial charge in [0.1, 0.15) is 16.8 Å². The number of anilines is 2. The SMILES string of the molecule is CCCOCCC(C#N)c1cc(Cl)nc(Nc2cc(C#N)ccn2)c1. The summed E-state index contributed by atoms with van der Waals surface area (Å²) >= 11 is 6.10. The Balaban J connectivity index is 2.15. The number of aromatic nitrogens is 2. The van der Waals surface area contributed by atoms with E-state index in [-0.39, 0.29) is 11.1 Å². The molecule has 0 spiro atoms. The van der Waals surface area contributed by atoms with E-state index in [0.29, 0.717) is 36.8 Å². The third kappa shape index (κ3) is 5.72. The molecule has 128 valence electrons.